The summed E-state index contributed by atoms with van der Waals surface area (Å²) in [6.45, 7) is 2.38. The molecule has 1 amide bonds. The van der Waals surface area contributed by atoms with E-state index in [0.717, 1.165) is 18.5 Å². The van der Waals surface area contributed by atoms with Crippen molar-refractivity contribution in [1.29, 1.82) is 0 Å². The topological polar surface area (TPSA) is 32.3 Å². The average Bonchev–Trinajstić information content (AvgIpc) is 2.65. The lowest BCUT2D eigenvalue weighted by atomic mass is 9.82. The zero-order chi connectivity index (χ0) is 18.7. The highest BCUT2D eigenvalue weighted by Crippen LogP contribution is 2.42. The number of alkyl halides is 3. The molecule has 3 nitrogen and oxygen atoms in total. The Morgan fingerprint density at radius 1 is 1.19 bits per heavy atom. The summed E-state index contributed by atoms with van der Waals surface area (Å²) < 4.78 is 39.0. The molecule has 1 atom stereocenters. The van der Waals surface area contributed by atoms with Crippen molar-refractivity contribution in [3.63, 3.8) is 0 Å². The van der Waals surface area contributed by atoms with Gasteiger partial charge in [0.1, 0.15) is 0 Å². The number of carbonyl (C=O) groups is 1. The number of halogens is 3. The fourth-order valence-electron chi connectivity index (χ4n) is 4.37. The van der Waals surface area contributed by atoms with E-state index in [-0.39, 0.29) is 32.3 Å². The van der Waals surface area contributed by atoms with Crippen molar-refractivity contribution in [2.45, 2.75) is 70.1 Å². The Morgan fingerprint density at radius 2 is 1.88 bits per heavy atom. The number of nitrogens with one attached hydrogen (secondary N) is 1. The smallest absolute Gasteiger partial charge is 0.364 e. The zero-order valence-corrected chi connectivity index (χ0v) is 15.2. The van der Waals surface area contributed by atoms with E-state index in [9.17, 15) is 18.0 Å². The summed E-state index contributed by atoms with van der Waals surface area (Å²) in [6.07, 6.45) is -0.286. The van der Waals surface area contributed by atoms with Crippen LogP contribution in [0.5, 0.6) is 0 Å². The van der Waals surface area contributed by atoms with Crippen LogP contribution in [0, 0.1) is 5.92 Å². The number of anilines is 1. The maximum Gasteiger partial charge on any atom is 0.391 e. The van der Waals surface area contributed by atoms with E-state index in [0.29, 0.717) is 25.8 Å². The molecule has 6 heteroatoms. The SMILES string of the molecule is CCC(=O)NCC1CCc2ccccc2N1C1CCC(C(F)(F)F)CC1.[HH]. The minimum atomic E-state index is -4.08. The summed E-state index contributed by atoms with van der Waals surface area (Å²) in [7, 11) is 0. The summed E-state index contributed by atoms with van der Waals surface area (Å²) >= 11 is 0. The largest absolute Gasteiger partial charge is 0.391 e. The lowest BCUT2D eigenvalue weighted by Crippen LogP contribution is -2.52. The number of hydrogen-bond donors (Lipinski definition) is 1. The first-order chi connectivity index (χ1) is 12.4. The molecule has 2 aliphatic rings. The van der Waals surface area contributed by atoms with Gasteiger partial charge in [0.25, 0.3) is 0 Å². The molecule has 0 radical (unpaired) electrons. The number of fused-ring (bicyclic) bond motifs is 1. The summed E-state index contributed by atoms with van der Waals surface area (Å²) in [6, 6.07) is 8.42. The molecule has 0 spiro atoms. The standard InChI is InChI=1S/C20H27F3N2O.H2/c1-2-19(26)24-13-17-10-7-14-5-3-4-6-18(14)25(17)16-11-8-15(9-12-16)20(21,22)23;/h3-6,15-17H,2,7-13H2,1H3,(H,24,26);1H. The Hall–Kier alpha value is -1.72. The Morgan fingerprint density at radius 3 is 2.54 bits per heavy atom. The van der Waals surface area contributed by atoms with Gasteiger partial charge in [-0.1, -0.05) is 25.1 Å². The van der Waals surface area contributed by atoms with E-state index in [2.05, 4.69) is 22.3 Å². The molecule has 26 heavy (non-hydrogen) atoms. The molecule has 146 valence electrons. The second-order valence-electron chi connectivity index (χ2n) is 7.43. The number of rotatable bonds is 4. The fourth-order valence-corrected chi connectivity index (χ4v) is 4.37. The third-order valence-electron chi connectivity index (χ3n) is 5.82. The fraction of sp³-hybridized carbons (Fsp3) is 0.650. The molecule has 0 aromatic heterocycles. The van der Waals surface area contributed by atoms with Crippen LogP contribution in [-0.4, -0.2) is 30.7 Å². The number of nitrogens with zero attached hydrogens (tertiary/aromatic N) is 1. The minimum absolute atomic E-state index is 0. The number of amides is 1. The number of benzene rings is 1. The van der Waals surface area contributed by atoms with E-state index in [1.807, 2.05) is 19.1 Å². The van der Waals surface area contributed by atoms with Crippen molar-refractivity contribution in [2.75, 3.05) is 11.4 Å². The van der Waals surface area contributed by atoms with Gasteiger partial charge in [0, 0.05) is 32.2 Å². The van der Waals surface area contributed by atoms with Crippen LogP contribution in [-0.2, 0) is 11.2 Å². The molecule has 1 fully saturated rings. The van der Waals surface area contributed by atoms with E-state index < -0.39 is 12.1 Å². The van der Waals surface area contributed by atoms with Crippen LogP contribution in [0.2, 0.25) is 0 Å². The summed E-state index contributed by atoms with van der Waals surface area (Å²) in [5, 5.41) is 2.97. The predicted molar refractivity (Wildman–Crippen MR) is 98.2 cm³/mol. The van der Waals surface area contributed by atoms with Crippen LogP contribution in [0.1, 0.15) is 52.4 Å². The average molecular weight is 370 g/mol. The van der Waals surface area contributed by atoms with Crippen molar-refractivity contribution < 1.29 is 19.4 Å². The van der Waals surface area contributed by atoms with Gasteiger partial charge < -0.3 is 10.2 Å². The normalized spacial score (nSPS) is 26.3. The molecule has 3 rings (SSSR count). The van der Waals surface area contributed by atoms with Gasteiger partial charge in [-0.15, -0.1) is 0 Å². The molecule has 1 aliphatic heterocycles. The lowest BCUT2D eigenvalue weighted by Gasteiger charge is -2.46. The first kappa shape index (κ1) is 19.1. The molecule has 1 aliphatic carbocycles. The monoisotopic (exact) mass is 370 g/mol. The van der Waals surface area contributed by atoms with Gasteiger partial charge in [0.2, 0.25) is 5.91 Å². The van der Waals surface area contributed by atoms with Crippen LogP contribution >= 0.6 is 0 Å². The molecule has 1 aromatic carbocycles. The quantitative estimate of drug-likeness (QED) is 0.833. The van der Waals surface area contributed by atoms with Gasteiger partial charge in [0.05, 0.1) is 5.92 Å². The molecular weight excluding hydrogens is 341 g/mol. The Bertz CT molecular complexity index is 630. The maximum atomic E-state index is 13.0. The number of hydrogen-bond acceptors (Lipinski definition) is 2. The summed E-state index contributed by atoms with van der Waals surface area (Å²) in [4.78, 5) is 14.0. The third kappa shape index (κ3) is 4.15. The second kappa shape index (κ2) is 7.89. The van der Waals surface area contributed by atoms with E-state index in [1.165, 1.54) is 5.56 Å². The van der Waals surface area contributed by atoms with Gasteiger partial charge in [0.15, 0.2) is 0 Å². The van der Waals surface area contributed by atoms with Crippen LogP contribution in [0.25, 0.3) is 0 Å². The minimum Gasteiger partial charge on any atom is -0.364 e. The lowest BCUT2D eigenvalue weighted by molar-refractivity contribution is -0.182. The highest BCUT2D eigenvalue weighted by molar-refractivity contribution is 5.75. The molecule has 1 saturated carbocycles. The third-order valence-corrected chi connectivity index (χ3v) is 5.82. The first-order valence-corrected chi connectivity index (χ1v) is 9.59. The summed E-state index contributed by atoms with van der Waals surface area (Å²) in [5.41, 5.74) is 2.38. The van der Waals surface area contributed by atoms with Gasteiger partial charge >= 0.3 is 6.18 Å². The molecule has 1 N–H and O–H groups in total. The van der Waals surface area contributed by atoms with Crippen LogP contribution in [0.4, 0.5) is 18.9 Å². The molecule has 0 saturated heterocycles. The molecule has 1 aromatic rings. The Balaban J connectivity index is 0.00000261. The van der Waals surface area contributed by atoms with Crippen molar-refractivity contribution in [2.24, 2.45) is 5.92 Å². The van der Waals surface area contributed by atoms with Crippen molar-refractivity contribution >= 4 is 11.6 Å². The molecule has 0 bridgehead atoms. The van der Waals surface area contributed by atoms with E-state index >= 15 is 0 Å². The molecule has 1 unspecified atom stereocenters. The van der Waals surface area contributed by atoms with Crippen LogP contribution < -0.4 is 10.2 Å². The summed E-state index contributed by atoms with van der Waals surface area (Å²) in [5.74, 6) is -1.15. The Kier molecular flexibility index (Phi) is 5.78. The van der Waals surface area contributed by atoms with E-state index in [4.69, 9.17) is 0 Å². The van der Waals surface area contributed by atoms with Crippen molar-refractivity contribution in [1.82, 2.24) is 5.32 Å². The van der Waals surface area contributed by atoms with Crippen molar-refractivity contribution in [3.05, 3.63) is 29.8 Å². The molecular formula is C20H29F3N2O. The predicted octanol–water partition coefficient (Wildman–Crippen LogP) is 4.70. The maximum absolute atomic E-state index is 13.0. The highest BCUT2D eigenvalue weighted by atomic mass is 19.4. The van der Waals surface area contributed by atoms with E-state index in [1.54, 1.807) is 0 Å². The second-order valence-corrected chi connectivity index (χ2v) is 7.43. The Labute approximate surface area is 154 Å². The number of aryl methyl sites for hydroxylation is 1. The highest BCUT2D eigenvalue weighted by Gasteiger charge is 2.43. The van der Waals surface area contributed by atoms with Gasteiger partial charge in [-0.3, -0.25) is 4.79 Å². The number of para-hydroxylation sites is 1. The number of carbonyl (C=O) groups excluding carboxylic acids is 1. The van der Waals surface area contributed by atoms with Crippen molar-refractivity contribution in [3.8, 4) is 0 Å². The van der Waals surface area contributed by atoms with Crippen LogP contribution in [0.15, 0.2) is 24.3 Å². The zero-order valence-electron chi connectivity index (χ0n) is 15.2. The van der Waals surface area contributed by atoms with Gasteiger partial charge in [-0.2, -0.15) is 13.2 Å². The first-order valence-electron chi connectivity index (χ1n) is 9.59. The van der Waals surface area contributed by atoms with Crippen LogP contribution in [0.3, 0.4) is 0 Å². The van der Waals surface area contributed by atoms with Gasteiger partial charge in [-0.25, -0.2) is 0 Å². The molecule has 1 heterocycles. The van der Waals surface area contributed by atoms with Gasteiger partial charge in [-0.05, 0) is 50.2 Å².